The third-order valence-corrected chi connectivity index (χ3v) is 4.94. The molecule has 2 aromatic rings. The predicted octanol–water partition coefficient (Wildman–Crippen LogP) is 3.24. The molecule has 9 heteroatoms. The Morgan fingerprint density at radius 1 is 1.21 bits per heavy atom. The summed E-state index contributed by atoms with van der Waals surface area (Å²) in [6, 6.07) is 8.84. The van der Waals surface area contributed by atoms with Crippen molar-refractivity contribution in [2.24, 2.45) is 0 Å². The van der Waals surface area contributed by atoms with Crippen LogP contribution < -0.4 is 5.32 Å². The van der Waals surface area contributed by atoms with Gasteiger partial charge in [0.15, 0.2) is 10.5 Å². The molecular formula is C19H18Cl2F2N2O3. The lowest BCUT2D eigenvalue weighted by Gasteiger charge is -2.32. The van der Waals surface area contributed by atoms with Gasteiger partial charge in [-0.15, -0.1) is 0 Å². The zero-order valence-electron chi connectivity index (χ0n) is 14.6. The summed E-state index contributed by atoms with van der Waals surface area (Å²) in [5.41, 5.74) is 0.758. The van der Waals surface area contributed by atoms with E-state index in [1.807, 2.05) is 0 Å². The molecule has 0 radical (unpaired) electrons. The monoisotopic (exact) mass is 430 g/mol. The van der Waals surface area contributed by atoms with Crippen LogP contribution in [-0.2, 0) is 15.2 Å². The number of aromatic nitrogens is 1. The number of hydrogen-bond acceptors (Lipinski definition) is 4. The molecule has 0 bridgehead atoms. The molecule has 3 rings (SSSR count). The molecule has 0 aliphatic carbocycles. The summed E-state index contributed by atoms with van der Waals surface area (Å²) in [5, 5.41) is 12.6. The Kier molecular flexibility index (Phi) is 6.50. The highest BCUT2D eigenvalue weighted by Crippen LogP contribution is 2.33. The maximum atomic E-state index is 14.3. The molecule has 0 spiro atoms. The maximum Gasteiger partial charge on any atom is 0.253 e. The standard InChI is InChI=1S/C19H18Cl2F2N2O3/c20-17(21)18(27)25-14(7-22)16(26)12-3-1-11(2-4-12)13-5-6-15(24-8-13)19(23)9-28-10-19/h1-6,8,14,16-17,26H,7,9-10H2,(H,25,27)/t14-,16-/m1/s1. The van der Waals surface area contributed by atoms with Crippen molar-refractivity contribution in [1.29, 1.82) is 0 Å². The van der Waals surface area contributed by atoms with Gasteiger partial charge < -0.3 is 15.2 Å². The highest BCUT2D eigenvalue weighted by molar-refractivity contribution is 6.53. The largest absolute Gasteiger partial charge is 0.386 e. The van der Waals surface area contributed by atoms with E-state index in [0.717, 1.165) is 11.1 Å². The van der Waals surface area contributed by atoms with Crippen LogP contribution in [0.2, 0.25) is 0 Å². The molecule has 1 aliphatic rings. The van der Waals surface area contributed by atoms with Gasteiger partial charge in [0, 0.05) is 11.8 Å². The number of aliphatic hydroxyl groups is 1. The first-order chi connectivity index (χ1) is 13.3. The third kappa shape index (κ3) is 4.43. The van der Waals surface area contributed by atoms with Crippen molar-refractivity contribution in [1.82, 2.24) is 10.3 Å². The van der Waals surface area contributed by atoms with Crippen LogP contribution in [0.25, 0.3) is 11.1 Å². The molecule has 1 aromatic carbocycles. The number of hydrogen-bond donors (Lipinski definition) is 2. The van der Waals surface area contributed by atoms with Crippen molar-refractivity contribution in [3.05, 3.63) is 53.9 Å². The van der Waals surface area contributed by atoms with Gasteiger partial charge in [-0.25, -0.2) is 8.78 Å². The van der Waals surface area contributed by atoms with Gasteiger partial charge in [0.2, 0.25) is 0 Å². The number of carbonyl (C=O) groups excluding carboxylic acids is 1. The van der Waals surface area contributed by atoms with Gasteiger partial charge in [0.1, 0.15) is 12.8 Å². The summed E-state index contributed by atoms with van der Waals surface area (Å²) in [6.07, 6.45) is 0.284. The Labute approximate surface area is 170 Å². The van der Waals surface area contributed by atoms with Crippen LogP contribution in [0.1, 0.15) is 17.4 Å². The van der Waals surface area contributed by atoms with Crippen molar-refractivity contribution >= 4 is 29.1 Å². The van der Waals surface area contributed by atoms with Gasteiger partial charge >= 0.3 is 0 Å². The molecule has 1 saturated heterocycles. The molecule has 1 aliphatic heterocycles. The van der Waals surface area contributed by atoms with E-state index in [1.54, 1.807) is 42.6 Å². The molecule has 28 heavy (non-hydrogen) atoms. The van der Waals surface area contributed by atoms with Gasteiger partial charge in [0.25, 0.3) is 5.91 Å². The summed E-state index contributed by atoms with van der Waals surface area (Å²) in [5.74, 6) is -0.782. The number of pyridine rings is 1. The Bertz CT molecular complexity index is 815. The van der Waals surface area contributed by atoms with E-state index in [2.05, 4.69) is 10.3 Å². The molecule has 2 N–H and O–H groups in total. The van der Waals surface area contributed by atoms with E-state index in [1.165, 1.54) is 0 Å². The summed E-state index contributed by atoms with van der Waals surface area (Å²) in [6.45, 7) is -0.978. The van der Waals surface area contributed by atoms with E-state index in [0.29, 0.717) is 11.3 Å². The molecule has 1 aromatic heterocycles. The Morgan fingerprint density at radius 3 is 2.32 bits per heavy atom. The van der Waals surface area contributed by atoms with Crippen LogP contribution in [0.15, 0.2) is 42.6 Å². The van der Waals surface area contributed by atoms with Crippen LogP contribution in [0, 0.1) is 0 Å². The summed E-state index contributed by atoms with van der Waals surface area (Å²) in [7, 11) is 0. The van der Waals surface area contributed by atoms with Gasteiger partial charge in [-0.05, 0) is 17.2 Å². The number of nitrogens with zero attached hydrogens (tertiary/aromatic N) is 1. The summed E-state index contributed by atoms with van der Waals surface area (Å²) in [4.78, 5) is 14.3. The molecule has 0 unspecified atom stereocenters. The Morgan fingerprint density at radius 2 is 1.86 bits per heavy atom. The number of nitrogens with one attached hydrogen (secondary N) is 1. The van der Waals surface area contributed by atoms with Gasteiger partial charge in [0.05, 0.1) is 24.9 Å². The smallest absolute Gasteiger partial charge is 0.253 e. The average molecular weight is 431 g/mol. The first-order valence-corrected chi connectivity index (χ1v) is 9.37. The van der Waals surface area contributed by atoms with Crippen molar-refractivity contribution in [2.45, 2.75) is 22.7 Å². The van der Waals surface area contributed by atoms with E-state index in [9.17, 15) is 18.7 Å². The van der Waals surface area contributed by atoms with Crippen molar-refractivity contribution in [2.75, 3.05) is 19.9 Å². The fourth-order valence-corrected chi connectivity index (χ4v) is 2.94. The number of amides is 1. The van der Waals surface area contributed by atoms with Crippen LogP contribution >= 0.6 is 23.2 Å². The van der Waals surface area contributed by atoms with Crippen LogP contribution in [0.3, 0.4) is 0 Å². The molecule has 1 fully saturated rings. The predicted molar refractivity (Wildman–Crippen MR) is 102 cm³/mol. The zero-order chi connectivity index (χ0) is 20.3. The molecule has 1 amide bonds. The Hall–Kier alpha value is -1.80. The van der Waals surface area contributed by atoms with Crippen LogP contribution in [0.5, 0.6) is 0 Å². The number of halogens is 4. The second-order valence-electron chi connectivity index (χ2n) is 6.53. The van der Waals surface area contributed by atoms with Gasteiger partial charge in [-0.3, -0.25) is 9.78 Å². The minimum absolute atomic E-state index is 0.00634. The van der Waals surface area contributed by atoms with Gasteiger partial charge in [-0.1, -0.05) is 53.5 Å². The second-order valence-corrected chi connectivity index (χ2v) is 7.62. The minimum atomic E-state index is -1.52. The molecule has 5 nitrogen and oxygen atoms in total. The number of alkyl halides is 4. The molecule has 2 heterocycles. The topological polar surface area (TPSA) is 71.5 Å². The fourth-order valence-electron chi connectivity index (χ4n) is 2.81. The SMILES string of the molecule is O=C(N[C@H](CF)[C@H](O)c1ccc(-c2ccc(C3(F)COC3)nc2)cc1)C(Cl)Cl. The lowest BCUT2D eigenvalue weighted by atomic mass is 9.97. The summed E-state index contributed by atoms with van der Waals surface area (Å²) >= 11 is 10.9. The number of rotatable bonds is 7. The maximum absolute atomic E-state index is 14.3. The van der Waals surface area contributed by atoms with Crippen LogP contribution in [-0.4, -0.2) is 46.8 Å². The normalized spacial score (nSPS) is 17.6. The molecule has 2 atom stereocenters. The number of aliphatic hydroxyl groups excluding tert-OH is 1. The van der Waals surface area contributed by atoms with Crippen molar-refractivity contribution in [3.8, 4) is 11.1 Å². The van der Waals surface area contributed by atoms with E-state index < -0.39 is 35.2 Å². The zero-order valence-corrected chi connectivity index (χ0v) is 16.1. The van der Waals surface area contributed by atoms with Gasteiger partial charge in [-0.2, -0.15) is 0 Å². The lowest BCUT2D eigenvalue weighted by molar-refractivity contribution is -0.137. The second kappa shape index (κ2) is 8.69. The number of benzene rings is 1. The number of carbonyl (C=O) groups is 1. The third-order valence-electron chi connectivity index (χ3n) is 4.54. The first kappa shape index (κ1) is 20.9. The minimum Gasteiger partial charge on any atom is -0.386 e. The van der Waals surface area contributed by atoms with E-state index >= 15 is 0 Å². The molecular weight excluding hydrogens is 413 g/mol. The quantitative estimate of drug-likeness (QED) is 0.661. The van der Waals surface area contributed by atoms with E-state index in [4.69, 9.17) is 27.9 Å². The summed E-state index contributed by atoms with van der Waals surface area (Å²) < 4.78 is 32.4. The molecule has 0 saturated carbocycles. The number of ether oxygens (including phenoxy) is 1. The first-order valence-electron chi connectivity index (χ1n) is 8.50. The fraction of sp³-hybridized carbons (Fsp3) is 0.368. The Balaban J connectivity index is 1.71. The van der Waals surface area contributed by atoms with Crippen LogP contribution in [0.4, 0.5) is 8.78 Å². The van der Waals surface area contributed by atoms with Crippen molar-refractivity contribution in [3.63, 3.8) is 0 Å². The van der Waals surface area contributed by atoms with E-state index in [-0.39, 0.29) is 13.2 Å². The molecule has 150 valence electrons. The average Bonchev–Trinajstić information content (AvgIpc) is 2.69. The van der Waals surface area contributed by atoms with Crippen molar-refractivity contribution < 1.29 is 23.4 Å². The highest BCUT2D eigenvalue weighted by Gasteiger charge is 2.42. The highest BCUT2D eigenvalue weighted by atomic mass is 35.5. The lowest BCUT2D eigenvalue weighted by Crippen LogP contribution is -2.43.